The molecular formula is C28H27FN2O7. The Kier molecular flexibility index (Phi) is 8.22. The van der Waals surface area contributed by atoms with Crippen LogP contribution in [0.15, 0.2) is 72.8 Å². The van der Waals surface area contributed by atoms with Crippen LogP contribution >= 0.6 is 0 Å². The van der Waals surface area contributed by atoms with Crippen LogP contribution in [0.25, 0.3) is 0 Å². The number of β-lactam (4-membered cyclic amide) rings is 1. The predicted octanol–water partition coefficient (Wildman–Crippen LogP) is 3.33. The maximum Gasteiger partial charge on any atom is 0.322 e. The lowest BCUT2D eigenvalue weighted by atomic mass is 9.78. The van der Waals surface area contributed by atoms with Gasteiger partial charge in [0.1, 0.15) is 23.9 Å². The van der Waals surface area contributed by atoms with Gasteiger partial charge in [-0.3, -0.25) is 14.4 Å². The number of ether oxygens (including phenoxy) is 1. The second kappa shape index (κ2) is 11.7. The number of carbonyl (C=O) groups excluding carboxylic acids is 2. The number of halogens is 1. The molecule has 0 saturated carbocycles. The van der Waals surface area contributed by atoms with E-state index < -0.39 is 48.9 Å². The van der Waals surface area contributed by atoms with Crippen molar-refractivity contribution in [1.29, 1.82) is 0 Å². The third-order valence-electron chi connectivity index (χ3n) is 6.38. The lowest BCUT2D eigenvalue weighted by molar-refractivity contribution is -0.138. The Labute approximate surface area is 218 Å². The molecule has 0 spiro atoms. The van der Waals surface area contributed by atoms with Gasteiger partial charge < -0.3 is 30.3 Å². The SMILES string of the molecule is O=C(O)CNC(=O)COc1ccc([C@@H]2[C@@H](CC[C@H](O)c3ccc(F)cc3)C(=O)N2c2ccccc2)c(O)c1. The molecule has 0 radical (unpaired) electrons. The van der Waals surface area contributed by atoms with E-state index in [1.807, 2.05) is 6.07 Å². The molecule has 9 nitrogen and oxygen atoms in total. The summed E-state index contributed by atoms with van der Waals surface area (Å²) in [6.45, 7) is -0.970. The van der Waals surface area contributed by atoms with Gasteiger partial charge in [-0.05, 0) is 54.8 Å². The number of anilines is 1. The zero-order valence-electron chi connectivity index (χ0n) is 20.3. The summed E-state index contributed by atoms with van der Waals surface area (Å²) in [5, 5.41) is 32.2. The quantitative estimate of drug-likeness (QED) is 0.284. The van der Waals surface area contributed by atoms with Crippen LogP contribution in [-0.2, 0) is 14.4 Å². The van der Waals surface area contributed by atoms with Crippen LogP contribution in [0.3, 0.4) is 0 Å². The van der Waals surface area contributed by atoms with Crippen molar-refractivity contribution >= 4 is 23.5 Å². The average Bonchev–Trinajstić information content (AvgIpc) is 2.90. The zero-order valence-corrected chi connectivity index (χ0v) is 20.3. The third-order valence-corrected chi connectivity index (χ3v) is 6.38. The van der Waals surface area contributed by atoms with Crippen molar-refractivity contribution in [2.24, 2.45) is 5.92 Å². The van der Waals surface area contributed by atoms with Gasteiger partial charge in [-0.15, -0.1) is 0 Å². The van der Waals surface area contributed by atoms with Crippen molar-refractivity contribution in [1.82, 2.24) is 5.32 Å². The number of hydrogen-bond donors (Lipinski definition) is 4. The van der Waals surface area contributed by atoms with Gasteiger partial charge >= 0.3 is 5.97 Å². The maximum absolute atomic E-state index is 13.2. The van der Waals surface area contributed by atoms with Gasteiger partial charge in [-0.2, -0.15) is 0 Å². The Morgan fingerprint density at radius 2 is 1.76 bits per heavy atom. The second-order valence-corrected chi connectivity index (χ2v) is 8.92. The molecule has 2 amide bonds. The third kappa shape index (κ3) is 6.09. The molecule has 3 atom stereocenters. The fourth-order valence-electron chi connectivity index (χ4n) is 4.49. The molecular weight excluding hydrogens is 495 g/mol. The first-order chi connectivity index (χ1) is 18.2. The summed E-state index contributed by atoms with van der Waals surface area (Å²) in [7, 11) is 0. The number of phenolic OH excluding ortho intramolecular Hbond substituents is 1. The van der Waals surface area contributed by atoms with Crippen molar-refractivity contribution in [2.45, 2.75) is 25.0 Å². The van der Waals surface area contributed by atoms with E-state index in [1.54, 1.807) is 41.3 Å². The Balaban J connectivity index is 1.50. The fourth-order valence-corrected chi connectivity index (χ4v) is 4.49. The number of para-hydroxylation sites is 1. The minimum absolute atomic E-state index is 0.143. The Bertz CT molecular complexity index is 1300. The van der Waals surface area contributed by atoms with Crippen molar-refractivity contribution in [3.63, 3.8) is 0 Å². The highest BCUT2D eigenvalue weighted by Gasteiger charge is 2.49. The van der Waals surface area contributed by atoms with Crippen LogP contribution in [0.4, 0.5) is 10.1 Å². The summed E-state index contributed by atoms with van der Waals surface area (Å²) >= 11 is 0. The monoisotopic (exact) mass is 522 g/mol. The molecule has 1 saturated heterocycles. The number of carboxylic acids is 1. The molecule has 0 aliphatic carbocycles. The van der Waals surface area contributed by atoms with E-state index in [0.29, 0.717) is 23.2 Å². The van der Waals surface area contributed by atoms with Gasteiger partial charge in [0.15, 0.2) is 6.61 Å². The molecule has 198 valence electrons. The van der Waals surface area contributed by atoms with Gasteiger partial charge in [0.2, 0.25) is 5.91 Å². The number of carboxylic acid groups (broad SMARTS) is 1. The lowest BCUT2D eigenvalue weighted by Gasteiger charge is -2.48. The molecule has 3 aromatic rings. The number of phenols is 1. The van der Waals surface area contributed by atoms with Crippen LogP contribution in [0, 0.1) is 11.7 Å². The summed E-state index contributed by atoms with van der Waals surface area (Å²) in [5.74, 6) is -2.84. The van der Waals surface area contributed by atoms with Gasteiger partial charge in [-0.1, -0.05) is 30.3 Å². The number of aliphatic hydroxyl groups is 1. The van der Waals surface area contributed by atoms with E-state index in [0.717, 1.165) is 0 Å². The van der Waals surface area contributed by atoms with Crippen molar-refractivity contribution in [3.05, 3.63) is 89.7 Å². The highest BCUT2D eigenvalue weighted by Crippen LogP contribution is 2.49. The Morgan fingerprint density at radius 3 is 2.42 bits per heavy atom. The topological polar surface area (TPSA) is 136 Å². The van der Waals surface area contributed by atoms with Crippen molar-refractivity contribution < 1.29 is 38.8 Å². The number of nitrogens with zero attached hydrogens (tertiary/aromatic N) is 1. The van der Waals surface area contributed by atoms with Crippen molar-refractivity contribution in [3.8, 4) is 11.5 Å². The second-order valence-electron chi connectivity index (χ2n) is 8.92. The number of rotatable bonds is 11. The van der Waals surface area contributed by atoms with Gasteiger partial charge in [0, 0.05) is 17.3 Å². The number of nitrogens with one attached hydrogen (secondary N) is 1. The van der Waals surface area contributed by atoms with E-state index in [2.05, 4.69) is 5.32 Å². The summed E-state index contributed by atoms with van der Waals surface area (Å²) in [5.41, 5.74) is 1.68. The van der Waals surface area contributed by atoms with E-state index in [1.165, 1.54) is 30.3 Å². The highest BCUT2D eigenvalue weighted by molar-refractivity contribution is 6.03. The van der Waals surface area contributed by atoms with Crippen LogP contribution in [0.2, 0.25) is 0 Å². The molecule has 0 unspecified atom stereocenters. The Morgan fingerprint density at radius 1 is 1.05 bits per heavy atom. The van der Waals surface area contributed by atoms with Crippen LogP contribution in [-0.4, -0.2) is 46.3 Å². The minimum Gasteiger partial charge on any atom is -0.507 e. The van der Waals surface area contributed by atoms with Gasteiger partial charge in [0.25, 0.3) is 5.91 Å². The normalized spacial score (nSPS) is 17.4. The van der Waals surface area contributed by atoms with Crippen LogP contribution < -0.4 is 15.0 Å². The lowest BCUT2D eigenvalue weighted by Crippen LogP contribution is -2.55. The van der Waals surface area contributed by atoms with Crippen LogP contribution in [0.1, 0.15) is 36.1 Å². The first-order valence-electron chi connectivity index (χ1n) is 12.0. The number of aliphatic hydroxyl groups excluding tert-OH is 1. The number of aliphatic carboxylic acids is 1. The number of amides is 2. The molecule has 1 aliphatic rings. The molecule has 1 fully saturated rings. The fraction of sp³-hybridized carbons (Fsp3) is 0.250. The highest BCUT2D eigenvalue weighted by atomic mass is 19.1. The summed E-state index contributed by atoms with van der Waals surface area (Å²) in [6, 6.07) is 18.5. The predicted molar refractivity (Wildman–Crippen MR) is 135 cm³/mol. The molecule has 0 bridgehead atoms. The summed E-state index contributed by atoms with van der Waals surface area (Å²) < 4.78 is 18.6. The molecule has 10 heteroatoms. The zero-order chi connectivity index (χ0) is 27.2. The molecule has 1 heterocycles. The smallest absolute Gasteiger partial charge is 0.322 e. The van der Waals surface area contributed by atoms with E-state index in [4.69, 9.17) is 9.84 Å². The number of benzene rings is 3. The molecule has 38 heavy (non-hydrogen) atoms. The van der Waals surface area contributed by atoms with E-state index in [-0.39, 0.29) is 23.8 Å². The molecule has 4 rings (SSSR count). The van der Waals surface area contributed by atoms with Gasteiger partial charge in [-0.25, -0.2) is 4.39 Å². The molecule has 1 aliphatic heterocycles. The number of aromatic hydroxyl groups is 1. The molecule has 4 N–H and O–H groups in total. The van der Waals surface area contributed by atoms with E-state index >= 15 is 0 Å². The average molecular weight is 523 g/mol. The Hall–Kier alpha value is -4.44. The largest absolute Gasteiger partial charge is 0.507 e. The molecule has 0 aromatic heterocycles. The number of hydrogen-bond acceptors (Lipinski definition) is 6. The van der Waals surface area contributed by atoms with Gasteiger partial charge in [0.05, 0.1) is 18.1 Å². The first kappa shape index (κ1) is 26.6. The van der Waals surface area contributed by atoms with E-state index in [9.17, 15) is 29.0 Å². The maximum atomic E-state index is 13.2. The summed E-state index contributed by atoms with van der Waals surface area (Å²) in [4.78, 5) is 37.1. The minimum atomic E-state index is -1.18. The standard InChI is InChI=1S/C28H27FN2O7/c29-18-8-6-17(7-9-18)23(32)13-12-22-27(31(28(22)37)19-4-2-1-3-5-19)21-11-10-20(14-24(21)33)38-16-25(34)30-15-26(35)36/h1-11,14,22-23,27,32-33H,12-13,15-16H2,(H,30,34)(H,35,36)/t22-,23+,27-/m1/s1. The van der Waals surface area contributed by atoms with Crippen LogP contribution in [0.5, 0.6) is 11.5 Å². The number of carbonyl (C=O) groups is 3. The first-order valence-corrected chi connectivity index (χ1v) is 12.0. The molecule has 3 aromatic carbocycles. The summed E-state index contributed by atoms with van der Waals surface area (Å²) in [6.07, 6.45) is -0.298. The van der Waals surface area contributed by atoms with Crippen molar-refractivity contribution in [2.75, 3.05) is 18.1 Å².